The van der Waals surface area contributed by atoms with Gasteiger partial charge < -0.3 is 18.0 Å². The SMILES string of the molecule is CCC[Si](OC)(OC)OCC1CO1. The number of hydrogen-bond acceptors (Lipinski definition) is 4. The molecule has 0 aliphatic carbocycles. The zero-order valence-electron chi connectivity index (χ0n) is 8.54. The van der Waals surface area contributed by atoms with Crippen molar-refractivity contribution in [3.8, 4) is 0 Å². The Morgan fingerprint density at radius 1 is 1.38 bits per heavy atom. The van der Waals surface area contributed by atoms with E-state index in [4.69, 9.17) is 18.0 Å². The first-order valence-electron chi connectivity index (χ1n) is 4.62. The third kappa shape index (κ3) is 3.36. The fraction of sp³-hybridized carbons (Fsp3) is 1.00. The first kappa shape index (κ1) is 11.1. The molecule has 0 spiro atoms. The molecule has 5 heteroatoms. The summed E-state index contributed by atoms with van der Waals surface area (Å²) in [6.07, 6.45) is 1.29. The van der Waals surface area contributed by atoms with Gasteiger partial charge in [0.15, 0.2) is 0 Å². The fourth-order valence-electron chi connectivity index (χ4n) is 1.17. The normalized spacial score (nSPS) is 21.9. The Balaban J connectivity index is 2.32. The second-order valence-corrected chi connectivity index (χ2v) is 6.08. The molecule has 0 aromatic carbocycles. The first-order chi connectivity index (χ1) is 6.26. The van der Waals surface area contributed by atoms with Crippen LogP contribution in [0.1, 0.15) is 13.3 Å². The zero-order chi connectivity index (χ0) is 9.73. The highest BCUT2D eigenvalue weighted by atomic mass is 28.4. The molecule has 1 unspecified atom stereocenters. The maximum atomic E-state index is 5.66. The Morgan fingerprint density at radius 2 is 2.00 bits per heavy atom. The van der Waals surface area contributed by atoms with Gasteiger partial charge in [0.05, 0.1) is 13.2 Å². The van der Waals surface area contributed by atoms with Crippen LogP contribution in [0.5, 0.6) is 0 Å². The predicted octanol–water partition coefficient (Wildman–Crippen LogP) is 1.04. The predicted molar refractivity (Wildman–Crippen MR) is 50.6 cm³/mol. The van der Waals surface area contributed by atoms with Crippen LogP contribution in [0.15, 0.2) is 0 Å². The number of epoxide rings is 1. The molecule has 0 N–H and O–H groups in total. The molecule has 78 valence electrons. The van der Waals surface area contributed by atoms with E-state index in [1.807, 2.05) is 0 Å². The zero-order valence-corrected chi connectivity index (χ0v) is 9.54. The molecule has 0 aromatic heterocycles. The van der Waals surface area contributed by atoms with E-state index in [1.165, 1.54) is 0 Å². The summed E-state index contributed by atoms with van der Waals surface area (Å²) < 4.78 is 21.4. The summed E-state index contributed by atoms with van der Waals surface area (Å²) in [7, 11) is 0.958. The monoisotopic (exact) mass is 206 g/mol. The van der Waals surface area contributed by atoms with Crippen LogP contribution in [0.25, 0.3) is 0 Å². The summed E-state index contributed by atoms with van der Waals surface area (Å²) in [4.78, 5) is 0. The van der Waals surface area contributed by atoms with Crippen LogP contribution < -0.4 is 0 Å². The van der Waals surface area contributed by atoms with Crippen molar-refractivity contribution in [1.82, 2.24) is 0 Å². The Morgan fingerprint density at radius 3 is 2.38 bits per heavy atom. The number of rotatable bonds is 7. The minimum atomic E-state index is -2.35. The summed E-state index contributed by atoms with van der Waals surface area (Å²) in [6, 6.07) is 0.868. The van der Waals surface area contributed by atoms with Crippen LogP contribution in [-0.2, 0) is 18.0 Å². The van der Waals surface area contributed by atoms with Gasteiger partial charge in [-0.25, -0.2) is 0 Å². The average Bonchev–Trinajstić information content (AvgIpc) is 2.96. The molecule has 1 saturated heterocycles. The van der Waals surface area contributed by atoms with E-state index < -0.39 is 8.80 Å². The van der Waals surface area contributed by atoms with E-state index in [1.54, 1.807) is 14.2 Å². The van der Waals surface area contributed by atoms with Crippen LogP contribution in [0.2, 0.25) is 6.04 Å². The molecule has 0 aromatic rings. The Hall–Kier alpha value is 0.0569. The lowest BCUT2D eigenvalue weighted by atomic mass is 10.5. The molecular formula is C8H18O4Si. The maximum Gasteiger partial charge on any atom is 0.500 e. The lowest BCUT2D eigenvalue weighted by Gasteiger charge is -2.25. The summed E-state index contributed by atoms with van der Waals surface area (Å²) in [5.74, 6) is 0. The summed E-state index contributed by atoms with van der Waals surface area (Å²) in [5, 5.41) is 0. The van der Waals surface area contributed by atoms with E-state index in [0.717, 1.165) is 19.1 Å². The topological polar surface area (TPSA) is 40.2 Å². The molecule has 13 heavy (non-hydrogen) atoms. The van der Waals surface area contributed by atoms with Gasteiger partial charge in [-0.3, -0.25) is 0 Å². The van der Waals surface area contributed by atoms with Crippen LogP contribution >= 0.6 is 0 Å². The first-order valence-corrected chi connectivity index (χ1v) is 6.55. The molecule has 0 radical (unpaired) electrons. The Bertz CT molecular complexity index is 145. The largest absolute Gasteiger partial charge is 0.500 e. The smallest absolute Gasteiger partial charge is 0.377 e. The van der Waals surface area contributed by atoms with Crippen molar-refractivity contribution in [2.75, 3.05) is 27.4 Å². The molecule has 1 atom stereocenters. The minimum Gasteiger partial charge on any atom is -0.377 e. The highest BCUT2D eigenvalue weighted by molar-refractivity contribution is 6.60. The standard InChI is InChI=1S/C8H18O4Si/c1-4-5-13(9-2,10-3)12-7-8-6-11-8/h8H,4-7H2,1-3H3. The van der Waals surface area contributed by atoms with Crippen molar-refractivity contribution in [3.05, 3.63) is 0 Å². The summed E-state index contributed by atoms with van der Waals surface area (Å²) in [5.41, 5.74) is 0. The Kier molecular flexibility index (Phi) is 4.34. The van der Waals surface area contributed by atoms with E-state index in [2.05, 4.69) is 6.92 Å². The van der Waals surface area contributed by atoms with Gasteiger partial charge in [0, 0.05) is 20.3 Å². The lowest BCUT2D eigenvalue weighted by molar-refractivity contribution is 0.0903. The van der Waals surface area contributed by atoms with Crippen LogP contribution in [-0.4, -0.2) is 42.3 Å². The van der Waals surface area contributed by atoms with Crippen molar-refractivity contribution in [2.24, 2.45) is 0 Å². The van der Waals surface area contributed by atoms with Crippen molar-refractivity contribution in [2.45, 2.75) is 25.5 Å². The molecular weight excluding hydrogens is 188 g/mol. The van der Waals surface area contributed by atoms with Gasteiger partial charge in [-0.15, -0.1) is 0 Å². The van der Waals surface area contributed by atoms with Gasteiger partial charge in [0.2, 0.25) is 0 Å². The minimum absolute atomic E-state index is 0.272. The molecule has 1 rings (SSSR count). The highest BCUT2D eigenvalue weighted by Crippen LogP contribution is 2.19. The Labute approximate surface area is 80.5 Å². The van der Waals surface area contributed by atoms with E-state index in [9.17, 15) is 0 Å². The van der Waals surface area contributed by atoms with Gasteiger partial charge >= 0.3 is 8.80 Å². The lowest BCUT2D eigenvalue weighted by Crippen LogP contribution is -2.44. The van der Waals surface area contributed by atoms with Gasteiger partial charge in [-0.1, -0.05) is 13.3 Å². The van der Waals surface area contributed by atoms with E-state index in [-0.39, 0.29) is 6.10 Å². The summed E-state index contributed by atoms with van der Waals surface area (Å²) >= 11 is 0. The molecule has 1 aliphatic rings. The van der Waals surface area contributed by atoms with Crippen LogP contribution in [0, 0.1) is 0 Å². The molecule has 0 amide bonds. The third-order valence-corrected chi connectivity index (χ3v) is 5.03. The van der Waals surface area contributed by atoms with Crippen molar-refractivity contribution in [1.29, 1.82) is 0 Å². The average molecular weight is 206 g/mol. The molecule has 1 aliphatic heterocycles. The molecule has 4 nitrogen and oxygen atoms in total. The molecule has 1 heterocycles. The third-order valence-electron chi connectivity index (χ3n) is 2.07. The van der Waals surface area contributed by atoms with Crippen LogP contribution in [0.4, 0.5) is 0 Å². The van der Waals surface area contributed by atoms with Gasteiger partial charge in [-0.05, 0) is 0 Å². The second kappa shape index (κ2) is 5.07. The molecule has 0 saturated carbocycles. The van der Waals surface area contributed by atoms with Crippen molar-refractivity contribution < 1.29 is 18.0 Å². The highest BCUT2D eigenvalue weighted by Gasteiger charge is 2.40. The summed E-state index contributed by atoms with van der Waals surface area (Å²) in [6.45, 7) is 3.51. The maximum absolute atomic E-state index is 5.66. The van der Waals surface area contributed by atoms with Crippen molar-refractivity contribution in [3.63, 3.8) is 0 Å². The van der Waals surface area contributed by atoms with Gasteiger partial charge in [-0.2, -0.15) is 0 Å². The van der Waals surface area contributed by atoms with Gasteiger partial charge in [0.1, 0.15) is 6.10 Å². The van der Waals surface area contributed by atoms with E-state index >= 15 is 0 Å². The van der Waals surface area contributed by atoms with Crippen LogP contribution in [0.3, 0.4) is 0 Å². The number of ether oxygens (including phenoxy) is 1. The fourth-order valence-corrected chi connectivity index (χ4v) is 3.17. The van der Waals surface area contributed by atoms with Gasteiger partial charge in [0.25, 0.3) is 0 Å². The number of hydrogen-bond donors (Lipinski definition) is 0. The second-order valence-electron chi connectivity index (χ2n) is 3.11. The van der Waals surface area contributed by atoms with Crippen molar-refractivity contribution >= 4 is 8.80 Å². The molecule has 0 bridgehead atoms. The molecule has 1 fully saturated rings. The quantitative estimate of drug-likeness (QED) is 0.461. The van der Waals surface area contributed by atoms with E-state index in [0.29, 0.717) is 6.61 Å².